The first-order valence-electron chi connectivity index (χ1n) is 6.75. The fourth-order valence-electron chi connectivity index (χ4n) is 2.10. The Balaban J connectivity index is 2.33. The highest BCUT2D eigenvalue weighted by Gasteiger charge is 2.41. The van der Waals surface area contributed by atoms with Crippen molar-refractivity contribution in [2.24, 2.45) is 5.92 Å². The molecule has 0 bridgehead atoms. The first kappa shape index (κ1) is 14.4. The van der Waals surface area contributed by atoms with Crippen LogP contribution in [0.5, 0.6) is 0 Å². The van der Waals surface area contributed by atoms with E-state index in [2.05, 4.69) is 0 Å². The third-order valence-electron chi connectivity index (χ3n) is 3.42. The third-order valence-corrected chi connectivity index (χ3v) is 3.42. The minimum Gasteiger partial charge on any atom is -0.445 e. The average Bonchev–Trinajstić information content (AvgIpc) is 2.63. The normalized spacial score (nSPS) is 17.8. The number of carbonyl (C=O) groups excluding carboxylic acids is 3. The summed E-state index contributed by atoms with van der Waals surface area (Å²) in [6.45, 7) is 7.35. The predicted octanol–water partition coefficient (Wildman–Crippen LogP) is 2.76. The highest BCUT2D eigenvalue weighted by molar-refractivity contribution is 6.29. The number of hydrogen-bond acceptors (Lipinski definition) is 4. The molecule has 0 saturated heterocycles. The van der Waals surface area contributed by atoms with E-state index in [1.54, 1.807) is 26.0 Å². The van der Waals surface area contributed by atoms with Gasteiger partial charge >= 0.3 is 5.97 Å². The molecular weight excluding hydrogens is 256 g/mol. The molecule has 0 fully saturated rings. The number of ketones is 2. The summed E-state index contributed by atoms with van der Waals surface area (Å²) in [5.74, 6) is -1.48. The van der Waals surface area contributed by atoms with Gasteiger partial charge in [-0.05, 0) is 17.5 Å². The summed E-state index contributed by atoms with van der Waals surface area (Å²) in [4.78, 5) is 36.0. The topological polar surface area (TPSA) is 60.4 Å². The summed E-state index contributed by atoms with van der Waals surface area (Å²) in [6, 6.07) is 5.21. The second-order valence-corrected chi connectivity index (χ2v) is 5.66. The number of hydrogen-bond donors (Lipinski definition) is 0. The Hall–Kier alpha value is -1.97. The van der Waals surface area contributed by atoms with Crippen LogP contribution in [0.3, 0.4) is 0 Å². The van der Waals surface area contributed by atoms with Crippen molar-refractivity contribution in [2.75, 3.05) is 0 Å². The van der Waals surface area contributed by atoms with E-state index in [9.17, 15) is 14.4 Å². The van der Waals surface area contributed by atoms with Crippen molar-refractivity contribution in [3.63, 3.8) is 0 Å². The molecule has 1 aliphatic rings. The highest BCUT2D eigenvalue weighted by atomic mass is 16.6. The molecule has 4 nitrogen and oxygen atoms in total. The summed E-state index contributed by atoms with van der Waals surface area (Å²) in [5, 5.41) is 0. The number of Topliss-reactive ketones (excluding diaryl/α,β-unsaturated/α-hetero) is 2. The highest BCUT2D eigenvalue weighted by Crippen LogP contribution is 2.28. The van der Waals surface area contributed by atoms with Gasteiger partial charge in [0.1, 0.15) is 0 Å². The van der Waals surface area contributed by atoms with Crippen molar-refractivity contribution < 1.29 is 19.1 Å². The van der Waals surface area contributed by atoms with Crippen molar-refractivity contribution in [3.05, 3.63) is 34.9 Å². The monoisotopic (exact) mass is 274 g/mol. The first-order chi connectivity index (χ1) is 9.32. The van der Waals surface area contributed by atoms with Crippen molar-refractivity contribution in [2.45, 2.75) is 39.7 Å². The van der Waals surface area contributed by atoms with E-state index in [0.29, 0.717) is 11.1 Å². The number of benzene rings is 1. The van der Waals surface area contributed by atoms with E-state index in [0.717, 1.165) is 5.56 Å². The molecule has 1 aromatic rings. The van der Waals surface area contributed by atoms with Gasteiger partial charge in [-0.2, -0.15) is 0 Å². The zero-order chi connectivity index (χ0) is 15.0. The molecule has 4 heteroatoms. The fourth-order valence-corrected chi connectivity index (χ4v) is 2.10. The van der Waals surface area contributed by atoms with Crippen LogP contribution in [0.25, 0.3) is 0 Å². The second kappa shape index (κ2) is 5.19. The van der Waals surface area contributed by atoms with Crippen molar-refractivity contribution >= 4 is 17.5 Å². The molecule has 0 saturated carbocycles. The minimum absolute atomic E-state index is 0.264. The Morgan fingerprint density at radius 3 is 2.20 bits per heavy atom. The van der Waals surface area contributed by atoms with E-state index in [4.69, 9.17) is 4.74 Å². The lowest BCUT2D eigenvalue weighted by atomic mass is 9.98. The molecule has 1 atom stereocenters. The molecule has 0 amide bonds. The van der Waals surface area contributed by atoms with Crippen LogP contribution in [-0.4, -0.2) is 23.6 Å². The Labute approximate surface area is 118 Å². The van der Waals surface area contributed by atoms with Gasteiger partial charge in [-0.3, -0.25) is 14.4 Å². The standard InChI is InChI=1S/C16H18O4/c1-8(2)10-5-6-11-12(7-10)14(18)15(13(11)17)20-16(19)9(3)4/h5-9,15H,1-4H3. The Morgan fingerprint density at radius 2 is 1.65 bits per heavy atom. The van der Waals surface area contributed by atoms with Gasteiger partial charge in [0.05, 0.1) is 5.92 Å². The molecule has 1 aromatic carbocycles. The number of esters is 1. The predicted molar refractivity (Wildman–Crippen MR) is 73.9 cm³/mol. The third kappa shape index (κ3) is 2.38. The summed E-state index contributed by atoms with van der Waals surface area (Å²) < 4.78 is 5.04. The summed E-state index contributed by atoms with van der Waals surface area (Å²) in [7, 11) is 0. The maximum absolute atomic E-state index is 12.2. The zero-order valence-corrected chi connectivity index (χ0v) is 12.1. The maximum Gasteiger partial charge on any atom is 0.309 e. The summed E-state index contributed by atoms with van der Waals surface area (Å²) in [5.41, 5.74) is 1.70. The lowest BCUT2D eigenvalue weighted by Crippen LogP contribution is -2.30. The Kier molecular flexibility index (Phi) is 3.75. The van der Waals surface area contributed by atoms with Crippen molar-refractivity contribution in [1.29, 1.82) is 0 Å². The molecule has 0 heterocycles. The maximum atomic E-state index is 12.2. The van der Waals surface area contributed by atoms with Crippen LogP contribution in [0, 0.1) is 5.92 Å². The molecule has 106 valence electrons. The molecule has 0 aliphatic heterocycles. The zero-order valence-electron chi connectivity index (χ0n) is 12.1. The molecule has 0 spiro atoms. The van der Waals surface area contributed by atoms with Crippen LogP contribution < -0.4 is 0 Å². The van der Waals surface area contributed by atoms with Gasteiger partial charge in [0.15, 0.2) is 0 Å². The SMILES string of the molecule is CC(C)C(=O)OC1C(=O)c2ccc(C(C)C)cc2C1=O. The van der Waals surface area contributed by atoms with Gasteiger partial charge in [-0.1, -0.05) is 39.8 Å². The van der Waals surface area contributed by atoms with Crippen LogP contribution in [0.1, 0.15) is 59.9 Å². The molecule has 2 rings (SSSR count). The summed E-state index contributed by atoms with van der Waals surface area (Å²) in [6.07, 6.45) is -1.30. The van der Waals surface area contributed by atoms with E-state index in [1.807, 2.05) is 19.9 Å². The van der Waals surface area contributed by atoms with Crippen LogP contribution in [0.15, 0.2) is 18.2 Å². The first-order valence-corrected chi connectivity index (χ1v) is 6.75. The molecule has 1 aliphatic carbocycles. The number of rotatable bonds is 3. The quantitative estimate of drug-likeness (QED) is 0.628. The number of ether oxygens (including phenoxy) is 1. The van der Waals surface area contributed by atoms with Gasteiger partial charge in [0.25, 0.3) is 0 Å². The van der Waals surface area contributed by atoms with E-state index in [1.165, 1.54) is 0 Å². The van der Waals surface area contributed by atoms with Crippen LogP contribution in [0.2, 0.25) is 0 Å². The van der Waals surface area contributed by atoms with Gasteiger partial charge in [0.2, 0.25) is 17.7 Å². The van der Waals surface area contributed by atoms with Crippen LogP contribution >= 0.6 is 0 Å². The lowest BCUT2D eigenvalue weighted by molar-refractivity contribution is -0.148. The largest absolute Gasteiger partial charge is 0.445 e. The number of carbonyl (C=O) groups is 3. The van der Waals surface area contributed by atoms with Gasteiger partial charge in [0, 0.05) is 11.1 Å². The molecular formula is C16H18O4. The molecule has 0 radical (unpaired) electrons. The Bertz CT molecular complexity index is 584. The van der Waals surface area contributed by atoms with Crippen LogP contribution in [-0.2, 0) is 9.53 Å². The average molecular weight is 274 g/mol. The van der Waals surface area contributed by atoms with E-state index >= 15 is 0 Å². The molecule has 20 heavy (non-hydrogen) atoms. The Morgan fingerprint density at radius 1 is 1.05 bits per heavy atom. The second-order valence-electron chi connectivity index (χ2n) is 5.66. The summed E-state index contributed by atoms with van der Waals surface area (Å²) >= 11 is 0. The van der Waals surface area contributed by atoms with E-state index in [-0.39, 0.29) is 11.8 Å². The fraction of sp³-hybridized carbons (Fsp3) is 0.438. The molecule has 0 aromatic heterocycles. The van der Waals surface area contributed by atoms with Crippen LogP contribution in [0.4, 0.5) is 0 Å². The van der Waals surface area contributed by atoms with Gasteiger partial charge in [-0.25, -0.2) is 0 Å². The molecule has 1 unspecified atom stereocenters. The molecule has 0 N–H and O–H groups in total. The minimum atomic E-state index is -1.30. The smallest absolute Gasteiger partial charge is 0.309 e. The van der Waals surface area contributed by atoms with Crippen molar-refractivity contribution in [1.82, 2.24) is 0 Å². The van der Waals surface area contributed by atoms with Gasteiger partial charge < -0.3 is 4.74 Å². The van der Waals surface area contributed by atoms with E-state index < -0.39 is 23.6 Å². The van der Waals surface area contributed by atoms with Crippen molar-refractivity contribution in [3.8, 4) is 0 Å². The van der Waals surface area contributed by atoms with Gasteiger partial charge in [-0.15, -0.1) is 0 Å². The number of fused-ring (bicyclic) bond motifs is 1. The lowest BCUT2D eigenvalue weighted by Gasteiger charge is -2.10.